The summed E-state index contributed by atoms with van der Waals surface area (Å²) in [6, 6.07) is 7.66. The van der Waals surface area contributed by atoms with Crippen molar-refractivity contribution in [2.75, 3.05) is 18.2 Å². The normalized spacial score (nSPS) is 9.57. The maximum absolute atomic E-state index is 10.9. The molecule has 14 heavy (non-hydrogen) atoms. The summed E-state index contributed by atoms with van der Waals surface area (Å²) in [5, 5.41) is 2.59. The highest BCUT2D eigenvalue weighted by Crippen LogP contribution is 2.19. The standard InChI is InChI=1S/C10H13NO2S/c1-3-14-9-6-4-8(5-7-9)11-10(12)13-2/h4-7H,3H2,1-2H3,(H,11,12). The molecule has 1 N–H and O–H groups in total. The first-order valence-corrected chi connectivity index (χ1v) is 5.32. The van der Waals surface area contributed by atoms with Gasteiger partial charge < -0.3 is 4.74 Å². The van der Waals surface area contributed by atoms with Crippen LogP contribution in [0.15, 0.2) is 29.2 Å². The number of rotatable bonds is 3. The molecule has 76 valence electrons. The van der Waals surface area contributed by atoms with Gasteiger partial charge in [-0.05, 0) is 30.0 Å². The van der Waals surface area contributed by atoms with E-state index in [1.54, 1.807) is 11.8 Å². The lowest BCUT2D eigenvalue weighted by atomic mass is 10.3. The summed E-state index contributed by atoms with van der Waals surface area (Å²) in [6.07, 6.45) is -0.444. The van der Waals surface area contributed by atoms with Crippen LogP contribution < -0.4 is 5.32 Å². The monoisotopic (exact) mass is 211 g/mol. The number of benzene rings is 1. The predicted molar refractivity (Wildman–Crippen MR) is 58.9 cm³/mol. The zero-order valence-electron chi connectivity index (χ0n) is 8.24. The van der Waals surface area contributed by atoms with Crippen molar-refractivity contribution >= 4 is 23.5 Å². The Morgan fingerprint density at radius 2 is 2.07 bits per heavy atom. The second-order valence-electron chi connectivity index (χ2n) is 2.57. The van der Waals surface area contributed by atoms with E-state index in [4.69, 9.17) is 0 Å². The molecule has 0 heterocycles. The van der Waals surface area contributed by atoms with Gasteiger partial charge in [0.05, 0.1) is 7.11 Å². The van der Waals surface area contributed by atoms with Crippen LogP contribution in [-0.4, -0.2) is 19.0 Å². The molecule has 0 bridgehead atoms. The Labute approximate surface area is 87.8 Å². The van der Waals surface area contributed by atoms with Gasteiger partial charge in [-0.3, -0.25) is 5.32 Å². The van der Waals surface area contributed by atoms with Crippen molar-refractivity contribution < 1.29 is 9.53 Å². The van der Waals surface area contributed by atoms with Gasteiger partial charge in [0.2, 0.25) is 0 Å². The first kappa shape index (κ1) is 10.9. The first-order valence-electron chi connectivity index (χ1n) is 4.34. The van der Waals surface area contributed by atoms with E-state index in [1.807, 2.05) is 24.3 Å². The van der Waals surface area contributed by atoms with E-state index < -0.39 is 6.09 Å². The number of anilines is 1. The van der Waals surface area contributed by atoms with Crippen LogP contribution in [0, 0.1) is 0 Å². The topological polar surface area (TPSA) is 38.3 Å². The molecular formula is C10H13NO2S. The van der Waals surface area contributed by atoms with Gasteiger partial charge in [0, 0.05) is 10.6 Å². The molecule has 0 aromatic heterocycles. The molecular weight excluding hydrogens is 198 g/mol. The van der Waals surface area contributed by atoms with E-state index >= 15 is 0 Å². The van der Waals surface area contributed by atoms with Gasteiger partial charge in [-0.1, -0.05) is 6.92 Å². The molecule has 0 spiro atoms. The fourth-order valence-corrected chi connectivity index (χ4v) is 1.63. The van der Waals surface area contributed by atoms with E-state index in [1.165, 1.54) is 12.0 Å². The zero-order chi connectivity index (χ0) is 10.4. The number of methoxy groups -OCH3 is 1. The Kier molecular flexibility index (Phi) is 4.32. The number of thioether (sulfide) groups is 1. The van der Waals surface area contributed by atoms with E-state index in [-0.39, 0.29) is 0 Å². The predicted octanol–water partition coefficient (Wildman–Crippen LogP) is 2.98. The van der Waals surface area contributed by atoms with Gasteiger partial charge in [0.1, 0.15) is 0 Å². The van der Waals surface area contributed by atoms with Gasteiger partial charge in [0.25, 0.3) is 0 Å². The minimum absolute atomic E-state index is 0.444. The van der Waals surface area contributed by atoms with Crippen molar-refractivity contribution in [1.29, 1.82) is 0 Å². The Morgan fingerprint density at radius 3 is 2.57 bits per heavy atom. The Bertz CT molecular complexity index is 297. The van der Waals surface area contributed by atoms with E-state index in [0.29, 0.717) is 0 Å². The summed E-state index contributed by atoms with van der Waals surface area (Å²) in [5.41, 5.74) is 0.748. The zero-order valence-corrected chi connectivity index (χ0v) is 9.06. The van der Waals surface area contributed by atoms with Gasteiger partial charge in [-0.2, -0.15) is 0 Å². The molecule has 4 heteroatoms. The SMILES string of the molecule is CCSc1ccc(NC(=O)OC)cc1. The summed E-state index contributed by atoms with van der Waals surface area (Å²) >= 11 is 1.76. The number of carbonyl (C=O) groups is 1. The highest BCUT2D eigenvalue weighted by Gasteiger charge is 1.99. The van der Waals surface area contributed by atoms with Gasteiger partial charge in [-0.15, -0.1) is 11.8 Å². The third kappa shape index (κ3) is 3.30. The number of amides is 1. The minimum atomic E-state index is -0.444. The number of ether oxygens (including phenoxy) is 1. The van der Waals surface area contributed by atoms with Gasteiger partial charge in [-0.25, -0.2) is 4.79 Å². The molecule has 0 saturated heterocycles. The second kappa shape index (κ2) is 5.54. The average molecular weight is 211 g/mol. The maximum atomic E-state index is 10.9. The Balaban J connectivity index is 2.59. The lowest BCUT2D eigenvalue weighted by molar-refractivity contribution is 0.187. The van der Waals surface area contributed by atoms with Crippen LogP contribution in [0.2, 0.25) is 0 Å². The molecule has 1 rings (SSSR count). The third-order valence-corrected chi connectivity index (χ3v) is 2.49. The minimum Gasteiger partial charge on any atom is -0.453 e. The van der Waals surface area contributed by atoms with Crippen molar-refractivity contribution in [3.63, 3.8) is 0 Å². The lowest BCUT2D eigenvalue weighted by Gasteiger charge is -2.04. The van der Waals surface area contributed by atoms with E-state index in [0.717, 1.165) is 11.4 Å². The summed E-state index contributed by atoms with van der Waals surface area (Å²) in [6.45, 7) is 2.10. The fourth-order valence-electron chi connectivity index (χ4n) is 0.970. The van der Waals surface area contributed by atoms with E-state index in [9.17, 15) is 4.79 Å². The average Bonchev–Trinajstić information content (AvgIpc) is 2.21. The summed E-state index contributed by atoms with van der Waals surface area (Å²) in [7, 11) is 1.34. The molecule has 0 aliphatic heterocycles. The summed E-state index contributed by atoms with van der Waals surface area (Å²) in [4.78, 5) is 12.1. The van der Waals surface area contributed by atoms with Crippen LogP contribution in [0.1, 0.15) is 6.92 Å². The molecule has 0 saturated carbocycles. The summed E-state index contributed by atoms with van der Waals surface area (Å²) in [5.74, 6) is 1.05. The molecule has 0 aliphatic carbocycles. The number of hydrogen-bond donors (Lipinski definition) is 1. The largest absolute Gasteiger partial charge is 0.453 e. The second-order valence-corrected chi connectivity index (χ2v) is 3.91. The molecule has 0 atom stereocenters. The van der Waals surface area contributed by atoms with E-state index in [2.05, 4.69) is 17.0 Å². The highest BCUT2D eigenvalue weighted by atomic mass is 32.2. The summed E-state index contributed by atoms with van der Waals surface area (Å²) < 4.78 is 4.48. The molecule has 0 aliphatic rings. The van der Waals surface area contributed by atoms with Gasteiger partial charge >= 0.3 is 6.09 Å². The van der Waals surface area contributed by atoms with Crippen molar-refractivity contribution in [1.82, 2.24) is 0 Å². The molecule has 1 aromatic rings. The number of hydrogen-bond acceptors (Lipinski definition) is 3. The maximum Gasteiger partial charge on any atom is 0.411 e. The van der Waals surface area contributed by atoms with Crippen LogP contribution in [0.3, 0.4) is 0 Å². The van der Waals surface area contributed by atoms with Crippen molar-refractivity contribution in [2.45, 2.75) is 11.8 Å². The van der Waals surface area contributed by atoms with Crippen LogP contribution in [-0.2, 0) is 4.74 Å². The lowest BCUT2D eigenvalue weighted by Crippen LogP contribution is -2.10. The van der Waals surface area contributed by atoms with Gasteiger partial charge in [0.15, 0.2) is 0 Å². The molecule has 1 amide bonds. The Morgan fingerprint density at radius 1 is 1.43 bits per heavy atom. The first-order chi connectivity index (χ1) is 6.76. The van der Waals surface area contributed by atoms with Crippen molar-refractivity contribution in [3.05, 3.63) is 24.3 Å². The highest BCUT2D eigenvalue weighted by molar-refractivity contribution is 7.99. The molecule has 1 aromatic carbocycles. The Hall–Kier alpha value is -1.16. The van der Waals surface area contributed by atoms with Crippen LogP contribution in [0.25, 0.3) is 0 Å². The molecule has 0 fully saturated rings. The fraction of sp³-hybridized carbons (Fsp3) is 0.300. The molecule has 3 nitrogen and oxygen atoms in total. The third-order valence-electron chi connectivity index (χ3n) is 1.60. The molecule has 0 radical (unpaired) electrons. The van der Waals surface area contributed by atoms with Crippen molar-refractivity contribution in [3.8, 4) is 0 Å². The number of carbonyl (C=O) groups excluding carboxylic acids is 1. The molecule has 0 unspecified atom stereocenters. The quantitative estimate of drug-likeness (QED) is 0.781. The van der Waals surface area contributed by atoms with Crippen LogP contribution in [0.4, 0.5) is 10.5 Å². The van der Waals surface area contributed by atoms with Crippen LogP contribution >= 0.6 is 11.8 Å². The number of nitrogens with one attached hydrogen (secondary N) is 1. The van der Waals surface area contributed by atoms with Crippen LogP contribution in [0.5, 0.6) is 0 Å². The van der Waals surface area contributed by atoms with Crippen molar-refractivity contribution in [2.24, 2.45) is 0 Å². The smallest absolute Gasteiger partial charge is 0.411 e.